The maximum absolute atomic E-state index is 13.5. The van der Waals surface area contributed by atoms with Crippen LogP contribution < -0.4 is 11.1 Å². The lowest BCUT2D eigenvalue weighted by atomic mass is 9.90. The van der Waals surface area contributed by atoms with Crippen LogP contribution in [-0.2, 0) is 6.54 Å². The molecule has 0 radical (unpaired) electrons. The van der Waals surface area contributed by atoms with Crippen LogP contribution in [0, 0.1) is 17.1 Å². The molecule has 6 nitrogen and oxygen atoms in total. The molecule has 0 bridgehead atoms. The van der Waals surface area contributed by atoms with Crippen molar-refractivity contribution in [3.8, 4) is 6.07 Å². The smallest absolute Gasteiger partial charge is 0.255 e. The van der Waals surface area contributed by atoms with Gasteiger partial charge in [-0.25, -0.2) is 4.39 Å². The first kappa shape index (κ1) is 24.1. The highest BCUT2D eigenvalue weighted by Crippen LogP contribution is 2.26. The molecule has 0 spiro atoms. The minimum absolute atomic E-state index is 0.0794. The lowest BCUT2D eigenvalue weighted by Crippen LogP contribution is -2.43. The first-order chi connectivity index (χ1) is 16.9. The van der Waals surface area contributed by atoms with E-state index in [0.29, 0.717) is 28.9 Å². The van der Waals surface area contributed by atoms with Crippen LogP contribution in [0.1, 0.15) is 57.5 Å². The summed E-state index contributed by atoms with van der Waals surface area (Å²) in [5, 5.41) is 11.9. The molecule has 1 aliphatic rings. The van der Waals surface area contributed by atoms with Gasteiger partial charge in [-0.15, -0.1) is 0 Å². The molecule has 178 valence electrons. The average molecular weight is 471 g/mol. The Labute approximate surface area is 204 Å². The predicted molar refractivity (Wildman–Crippen MR) is 132 cm³/mol. The number of amides is 2. The van der Waals surface area contributed by atoms with Crippen LogP contribution in [0.4, 0.5) is 10.1 Å². The number of nitriles is 1. The molecule has 3 N–H and O–H groups in total. The molecule has 7 heteroatoms. The van der Waals surface area contributed by atoms with E-state index in [4.69, 9.17) is 11.0 Å². The van der Waals surface area contributed by atoms with Crippen LogP contribution in [0.3, 0.4) is 0 Å². The fourth-order valence-electron chi connectivity index (χ4n) is 4.33. The van der Waals surface area contributed by atoms with Crippen molar-refractivity contribution in [1.82, 2.24) is 4.90 Å². The standard InChI is InChI=1S/C28H27FN4O2/c29-23-9-7-21(8-10-23)27(34)32-25-13-3-20(4-14-25)18-33(26-15-11-24(31)12-16-26)28(35)22-5-1-19(17-30)2-6-22/h1-10,13-14,24,26H,11-12,15-16,18,31H2,(H,32,34). The van der Waals surface area contributed by atoms with Gasteiger partial charge in [0, 0.05) is 35.4 Å². The van der Waals surface area contributed by atoms with Crippen LogP contribution in [0.5, 0.6) is 0 Å². The number of hydrogen-bond acceptors (Lipinski definition) is 4. The molecule has 3 aromatic carbocycles. The van der Waals surface area contributed by atoms with E-state index in [-0.39, 0.29) is 23.9 Å². The quantitative estimate of drug-likeness (QED) is 0.537. The number of nitrogens with zero attached hydrogens (tertiary/aromatic N) is 2. The van der Waals surface area contributed by atoms with Crippen molar-refractivity contribution in [2.24, 2.45) is 5.73 Å². The highest BCUT2D eigenvalue weighted by Gasteiger charge is 2.28. The van der Waals surface area contributed by atoms with E-state index in [1.54, 1.807) is 36.4 Å². The van der Waals surface area contributed by atoms with E-state index in [2.05, 4.69) is 11.4 Å². The Morgan fingerprint density at radius 2 is 1.51 bits per heavy atom. The molecule has 1 fully saturated rings. The minimum Gasteiger partial charge on any atom is -0.331 e. The van der Waals surface area contributed by atoms with Crippen molar-refractivity contribution in [3.63, 3.8) is 0 Å². The number of anilines is 1. The molecule has 0 aliphatic heterocycles. The zero-order chi connectivity index (χ0) is 24.8. The first-order valence-electron chi connectivity index (χ1n) is 11.7. The van der Waals surface area contributed by atoms with Crippen molar-refractivity contribution in [3.05, 3.63) is 101 Å². The summed E-state index contributed by atoms with van der Waals surface area (Å²) < 4.78 is 13.1. The van der Waals surface area contributed by atoms with E-state index >= 15 is 0 Å². The van der Waals surface area contributed by atoms with Crippen LogP contribution in [0.25, 0.3) is 0 Å². The van der Waals surface area contributed by atoms with E-state index in [0.717, 1.165) is 31.2 Å². The monoisotopic (exact) mass is 470 g/mol. The summed E-state index contributed by atoms with van der Waals surface area (Å²) in [4.78, 5) is 27.7. The van der Waals surface area contributed by atoms with Gasteiger partial charge in [0.05, 0.1) is 11.6 Å². The molecule has 0 heterocycles. The van der Waals surface area contributed by atoms with Crippen molar-refractivity contribution >= 4 is 17.5 Å². The molecule has 0 atom stereocenters. The molecule has 1 aliphatic carbocycles. The van der Waals surface area contributed by atoms with Gasteiger partial charge < -0.3 is 16.0 Å². The van der Waals surface area contributed by atoms with Crippen molar-refractivity contribution in [1.29, 1.82) is 5.26 Å². The molecular formula is C28H27FN4O2. The van der Waals surface area contributed by atoms with Crippen LogP contribution in [-0.4, -0.2) is 28.8 Å². The number of nitrogens with two attached hydrogens (primary N) is 1. The van der Waals surface area contributed by atoms with E-state index in [1.807, 2.05) is 17.0 Å². The number of halogens is 1. The van der Waals surface area contributed by atoms with Crippen LogP contribution in [0.2, 0.25) is 0 Å². The Kier molecular flexibility index (Phi) is 7.54. The number of benzene rings is 3. The van der Waals surface area contributed by atoms with Gasteiger partial charge in [-0.3, -0.25) is 9.59 Å². The van der Waals surface area contributed by atoms with Gasteiger partial charge >= 0.3 is 0 Å². The molecule has 0 saturated heterocycles. The number of rotatable bonds is 6. The number of carbonyl (C=O) groups is 2. The van der Waals surface area contributed by atoms with Gasteiger partial charge in [-0.1, -0.05) is 12.1 Å². The predicted octanol–water partition coefficient (Wildman–Crippen LogP) is 4.86. The molecule has 35 heavy (non-hydrogen) atoms. The topological polar surface area (TPSA) is 99.2 Å². The van der Waals surface area contributed by atoms with Gasteiger partial charge in [0.1, 0.15) is 5.82 Å². The second-order valence-corrected chi connectivity index (χ2v) is 8.85. The second kappa shape index (κ2) is 10.9. The summed E-state index contributed by atoms with van der Waals surface area (Å²) in [6.45, 7) is 0.422. The van der Waals surface area contributed by atoms with Crippen molar-refractivity contribution in [2.75, 3.05) is 5.32 Å². The molecule has 0 aromatic heterocycles. The molecule has 3 aromatic rings. The molecule has 2 amide bonds. The Bertz CT molecular complexity index is 1210. The zero-order valence-electron chi connectivity index (χ0n) is 19.3. The maximum Gasteiger partial charge on any atom is 0.255 e. The lowest BCUT2D eigenvalue weighted by molar-refractivity contribution is 0.0606. The molecule has 4 rings (SSSR count). The summed E-state index contributed by atoms with van der Waals surface area (Å²) in [6.07, 6.45) is 3.43. The number of hydrogen-bond donors (Lipinski definition) is 2. The summed E-state index contributed by atoms with van der Waals surface area (Å²) in [5.74, 6) is -0.802. The summed E-state index contributed by atoms with van der Waals surface area (Å²) >= 11 is 0. The Morgan fingerprint density at radius 3 is 2.11 bits per heavy atom. The average Bonchev–Trinajstić information content (AvgIpc) is 2.89. The fourth-order valence-corrected chi connectivity index (χ4v) is 4.33. The largest absolute Gasteiger partial charge is 0.331 e. The van der Waals surface area contributed by atoms with Gasteiger partial charge in [0.25, 0.3) is 11.8 Å². The van der Waals surface area contributed by atoms with Crippen LogP contribution >= 0.6 is 0 Å². The third-order valence-corrected chi connectivity index (χ3v) is 6.38. The lowest BCUT2D eigenvalue weighted by Gasteiger charge is -2.36. The Hall–Kier alpha value is -4.02. The van der Waals surface area contributed by atoms with E-state index in [1.165, 1.54) is 24.3 Å². The zero-order valence-corrected chi connectivity index (χ0v) is 19.3. The summed E-state index contributed by atoms with van der Waals surface area (Å²) in [5.41, 5.74) is 9.05. The Morgan fingerprint density at radius 1 is 0.914 bits per heavy atom. The van der Waals surface area contributed by atoms with Gasteiger partial charge in [0.2, 0.25) is 0 Å². The second-order valence-electron chi connectivity index (χ2n) is 8.85. The third-order valence-electron chi connectivity index (χ3n) is 6.38. The first-order valence-corrected chi connectivity index (χ1v) is 11.7. The van der Waals surface area contributed by atoms with Crippen molar-refractivity contribution < 1.29 is 14.0 Å². The third kappa shape index (κ3) is 6.11. The maximum atomic E-state index is 13.5. The number of nitrogens with one attached hydrogen (secondary N) is 1. The summed E-state index contributed by atoms with van der Waals surface area (Å²) in [7, 11) is 0. The van der Waals surface area contributed by atoms with E-state index in [9.17, 15) is 14.0 Å². The highest BCUT2D eigenvalue weighted by molar-refractivity contribution is 6.04. The molecule has 0 unspecified atom stereocenters. The van der Waals surface area contributed by atoms with Crippen LogP contribution in [0.15, 0.2) is 72.8 Å². The van der Waals surface area contributed by atoms with Gasteiger partial charge in [0.15, 0.2) is 0 Å². The summed E-state index contributed by atoms with van der Waals surface area (Å²) in [6, 6.07) is 21.7. The van der Waals surface area contributed by atoms with Crippen molar-refractivity contribution in [2.45, 2.75) is 44.3 Å². The molecular weight excluding hydrogens is 443 g/mol. The SMILES string of the molecule is N#Cc1ccc(C(=O)N(Cc2ccc(NC(=O)c3ccc(F)cc3)cc2)C2CCC(N)CC2)cc1. The fraction of sp³-hybridized carbons (Fsp3) is 0.250. The van der Waals surface area contributed by atoms with Gasteiger partial charge in [-0.2, -0.15) is 5.26 Å². The van der Waals surface area contributed by atoms with E-state index < -0.39 is 5.82 Å². The normalized spacial score (nSPS) is 17.3. The Balaban J connectivity index is 1.48. The minimum atomic E-state index is -0.397. The number of carbonyl (C=O) groups excluding carboxylic acids is 2. The highest BCUT2D eigenvalue weighted by atomic mass is 19.1. The van der Waals surface area contributed by atoms with Gasteiger partial charge in [-0.05, 0) is 91.9 Å². The molecule has 1 saturated carbocycles.